The monoisotopic (exact) mass is 520 g/mol. The molecule has 3 aliphatic rings. The summed E-state index contributed by atoms with van der Waals surface area (Å²) in [7, 11) is 0. The van der Waals surface area contributed by atoms with Crippen LogP contribution in [0.3, 0.4) is 0 Å². The molecule has 4 heteroatoms. The first kappa shape index (κ1) is 26.0. The number of benzene rings is 3. The van der Waals surface area contributed by atoms with Gasteiger partial charge in [0.05, 0.1) is 19.1 Å². The quantitative estimate of drug-likeness (QED) is 0.326. The van der Waals surface area contributed by atoms with E-state index in [1.54, 1.807) is 0 Å². The van der Waals surface area contributed by atoms with E-state index in [0.29, 0.717) is 6.04 Å². The van der Waals surface area contributed by atoms with E-state index in [4.69, 9.17) is 4.74 Å². The molecule has 2 atom stereocenters. The maximum atomic E-state index is 14.4. The third kappa shape index (κ3) is 5.73. The van der Waals surface area contributed by atoms with Crippen LogP contribution >= 0.6 is 0 Å². The van der Waals surface area contributed by atoms with Gasteiger partial charge in [0.2, 0.25) is 0 Å². The van der Waals surface area contributed by atoms with Gasteiger partial charge in [0.25, 0.3) is 0 Å². The van der Waals surface area contributed by atoms with Gasteiger partial charge in [0.1, 0.15) is 0 Å². The summed E-state index contributed by atoms with van der Waals surface area (Å²) in [6.07, 6.45) is 6.24. The van der Waals surface area contributed by atoms with Crippen LogP contribution in [0.1, 0.15) is 59.5 Å². The van der Waals surface area contributed by atoms with Gasteiger partial charge in [-0.3, -0.25) is 9.69 Å². The first-order valence-corrected chi connectivity index (χ1v) is 14.8. The number of carbonyl (C=O) groups excluding carboxylic acids is 1. The Kier molecular flexibility index (Phi) is 8.22. The van der Waals surface area contributed by atoms with Crippen molar-refractivity contribution in [3.63, 3.8) is 0 Å². The number of hydrogen-bond donors (Lipinski definition) is 0. The Morgan fingerprint density at radius 3 is 2.05 bits per heavy atom. The first-order chi connectivity index (χ1) is 19.3. The molecule has 0 bridgehead atoms. The van der Waals surface area contributed by atoms with Gasteiger partial charge >= 0.3 is 0 Å². The van der Waals surface area contributed by atoms with Crippen LogP contribution in [0, 0.1) is 5.92 Å². The average Bonchev–Trinajstić information content (AvgIpc) is 3.02. The topological polar surface area (TPSA) is 32.8 Å². The molecule has 3 aromatic rings. The molecule has 0 spiro atoms. The molecule has 1 saturated heterocycles. The first-order valence-electron chi connectivity index (χ1n) is 14.8. The highest BCUT2D eigenvalue weighted by Gasteiger charge is 2.43. The SMILES string of the molecule is O=C(c1ccccc1)[C@H]1CN(C2CCCCC2)C(c2ccccc2)=C(CN2CCOCC2)[C@@H]1c1ccccc1. The standard InChI is InChI=1S/C35H40N2O2/c38-35(29-17-9-3-10-18-29)32-26-37(30-19-11-4-12-20-30)34(28-15-7-2-8-16-28)31(25-36-21-23-39-24-22-36)33(32)27-13-5-1-6-14-27/h1-3,5-10,13-18,30,32-33H,4,11-12,19-26H2/t32-,33-/m0/s1. The maximum Gasteiger partial charge on any atom is 0.168 e. The van der Waals surface area contributed by atoms with Gasteiger partial charge in [0, 0.05) is 49.4 Å². The minimum absolute atomic E-state index is 0.0248. The summed E-state index contributed by atoms with van der Waals surface area (Å²) >= 11 is 0. The molecule has 1 saturated carbocycles. The predicted molar refractivity (Wildman–Crippen MR) is 158 cm³/mol. The van der Waals surface area contributed by atoms with Gasteiger partial charge in [-0.2, -0.15) is 0 Å². The molecule has 0 unspecified atom stereocenters. The Hall–Kier alpha value is -3.21. The lowest BCUT2D eigenvalue weighted by Gasteiger charge is -2.48. The second-order valence-electron chi connectivity index (χ2n) is 11.3. The van der Waals surface area contributed by atoms with Gasteiger partial charge in [-0.05, 0) is 29.5 Å². The molecule has 3 aromatic carbocycles. The van der Waals surface area contributed by atoms with Crippen LogP contribution < -0.4 is 0 Å². The zero-order valence-electron chi connectivity index (χ0n) is 22.9. The number of morpholine rings is 1. The van der Waals surface area contributed by atoms with Crippen molar-refractivity contribution in [1.29, 1.82) is 0 Å². The van der Waals surface area contributed by atoms with E-state index in [9.17, 15) is 4.79 Å². The fourth-order valence-electron chi connectivity index (χ4n) is 6.97. The second kappa shape index (κ2) is 12.3. The minimum atomic E-state index is -0.139. The van der Waals surface area contributed by atoms with E-state index in [1.165, 1.54) is 54.5 Å². The van der Waals surface area contributed by atoms with Crippen molar-refractivity contribution >= 4 is 11.5 Å². The molecule has 202 valence electrons. The lowest BCUT2D eigenvalue weighted by Crippen LogP contribution is -2.49. The Balaban J connectivity index is 1.55. The molecule has 39 heavy (non-hydrogen) atoms. The number of nitrogens with zero attached hydrogens (tertiary/aromatic N) is 2. The fraction of sp³-hybridized carbons (Fsp3) is 0.400. The molecule has 2 heterocycles. The molecule has 1 aliphatic carbocycles. The maximum absolute atomic E-state index is 14.4. The minimum Gasteiger partial charge on any atom is -0.379 e. The van der Waals surface area contributed by atoms with E-state index in [-0.39, 0.29) is 17.6 Å². The van der Waals surface area contributed by atoms with Crippen molar-refractivity contribution in [2.45, 2.75) is 44.1 Å². The largest absolute Gasteiger partial charge is 0.379 e. The highest BCUT2D eigenvalue weighted by Crippen LogP contribution is 2.46. The van der Waals surface area contributed by atoms with Crippen LogP contribution in [0.15, 0.2) is 96.6 Å². The third-order valence-electron chi connectivity index (χ3n) is 8.88. The van der Waals surface area contributed by atoms with Gasteiger partial charge in [-0.25, -0.2) is 0 Å². The van der Waals surface area contributed by atoms with Crippen LogP contribution in [-0.2, 0) is 4.74 Å². The smallest absolute Gasteiger partial charge is 0.168 e. The number of ether oxygens (including phenoxy) is 1. The predicted octanol–water partition coefficient (Wildman–Crippen LogP) is 6.66. The summed E-state index contributed by atoms with van der Waals surface area (Å²) < 4.78 is 5.72. The number of carbonyl (C=O) groups is 1. The van der Waals surface area contributed by atoms with Crippen LogP contribution in [0.4, 0.5) is 0 Å². The van der Waals surface area contributed by atoms with Gasteiger partial charge < -0.3 is 9.64 Å². The Morgan fingerprint density at radius 1 is 0.769 bits per heavy atom. The van der Waals surface area contributed by atoms with Crippen molar-refractivity contribution in [2.75, 3.05) is 39.4 Å². The highest BCUT2D eigenvalue weighted by molar-refractivity contribution is 5.99. The second-order valence-corrected chi connectivity index (χ2v) is 11.3. The highest BCUT2D eigenvalue weighted by atomic mass is 16.5. The Labute approximate surface area is 233 Å². The molecule has 4 nitrogen and oxygen atoms in total. The number of rotatable bonds is 7. The number of hydrogen-bond acceptors (Lipinski definition) is 4. The molecule has 0 amide bonds. The lowest BCUT2D eigenvalue weighted by atomic mass is 9.71. The van der Waals surface area contributed by atoms with Crippen LogP contribution in [0.2, 0.25) is 0 Å². The molecule has 6 rings (SSSR count). The molecule has 2 fully saturated rings. The number of Topliss-reactive ketones (excluding diaryl/α,β-unsaturated/α-hetero) is 1. The van der Waals surface area contributed by atoms with E-state index in [2.05, 4.69) is 70.5 Å². The Bertz CT molecular complexity index is 1250. The molecule has 2 aliphatic heterocycles. The van der Waals surface area contributed by atoms with Crippen molar-refractivity contribution in [3.05, 3.63) is 113 Å². The molecular formula is C35H40N2O2. The molecular weight excluding hydrogens is 480 g/mol. The zero-order valence-corrected chi connectivity index (χ0v) is 22.9. The summed E-state index contributed by atoms with van der Waals surface area (Å²) in [4.78, 5) is 19.6. The van der Waals surface area contributed by atoms with Gasteiger partial charge in [-0.15, -0.1) is 0 Å². The van der Waals surface area contributed by atoms with Crippen LogP contribution in [0.25, 0.3) is 5.70 Å². The molecule has 0 aromatic heterocycles. The third-order valence-corrected chi connectivity index (χ3v) is 8.88. The normalized spacial score (nSPS) is 23.1. The van der Waals surface area contributed by atoms with Crippen LogP contribution in [-0.4, -0.2) is 61.0 Å². The lowest BCUT2D eigenvalue weighted by molar-refractivity contribution is 0.0403. The molecule has 0 radical (unpaired) electrons. The zero-order chi connectivity index (χ0) is 26.4. The fourth-order valence-corrected chi connectivity index (χ4v) is 6.97. The van der Waals surface area contributed by atoms with Gasteiger partial charge in [-0.1, -0.05) is 110 Å². The van der Waals surface area contributed by atoms with E-state index >= 15 is 0 Å². The average molecular weight is 521 g/mol. The summed E-state index contributed by atoms with van der Waals surface area (Å²) in [5.74, 6) is 0.147. The Morgan fingerprint density at radius 2 is 1.38 bits per heavy atom. The van der Waals surface area contributed by atoms with E-state index < -0.39 is 0 Å². The van der Waals surface area contributed by atoms with E-state index in [1.807, 2.05) is 30.3 Å². The van der Waals surface area contributed by atoms with Crippen LogP contribution in [0.5, 0.6) is 0 Å². The van der Waals surface area contributed by atoms with Crippen molar-refractivity contribution in [3.8, 4) is 0 Å². The summed E-state index contributed by atoms with van der Waals surface area (Å²) in [6, 6.07) is 32.2. The summed E-state index contributed by atoms with van der Waals surface area (Å²) in [5.41, 5.74) is 6.09. The van der Waals surface area contributed by atoms with E-state index in [0.717, 1.165) is 45.0 Å². The summed E-state index contributed by atoms with van der Waals surface area (Å²) in [6.45, 7) is 5.00. The van der Waals surface area contributed by atoms with Crippen molar-refractivity contribution in [2.24, 2.45) is 5.92 Å². The van der Waals surface area contributed by atoms with Crippen molar-refractivity contribution in [1.82, 2.24) is 9.80 Å². The van der Waals surface area contributed by atoms with Crippen molar-refractivity contribution < 1.29 is 9.53 Å². The summed E-state index contributed by atoms with van der Waals surface area (Å²) in [5, 5.41) is 0. The number of ketones is 1. The van der Waals surface area contributed by atoms with Gasteiger partial charge in [0.15, 0.2) is 5.78 Å². The molecule has 0 N–H and O–H groups in total.